The van der Waals surface area contributed by atoms with E-state index in [1.54, 1.807) is 11.3 Å². The van der Waals surface area contributed by atoms with Gasteiger partial charge in [-0.25, -0.2) is 9.97 Å². The van der Waals surface area contributed by atoms with E-state index in [2.05, 4.69) is 45.8 Å². The molecule has 0 bridgehead atoms. The SMILES string of the molecule is Cc1ccc(C#Cc2nc3cscc3nc2OCCN2CCOCC2)cc1. The first-order valence-electron chi connectivity index (χ1n) is 9.03. The molecular weight excluding hydrogens is 358 g/mol. The Bertz CT molecular complexity index is 966. The fraction of sp³-hybridized carbons (Fsp3) is 0.333. The van der Waals surface area contributed by atoms with Gasteiger partial charge >= 0.3 is 0 Å². The summed E-state index contributed by atoms with van der Waals surface area (Å²) in [5.74, 6) is 6.82. The largest absolute Gasteiger partial charge is 0.474 e. The molecule has 3 heterocycles. The average molecular weight is 379 g/mol. The third-order valence-electron chi connectivity index (χ3n) is 4.41. The third kappa shape index (κ3) is 4.64. The van der Waals surface area contributed by atoms with Crippen LogP contribution in [-0.4, -0.2) is 54.3 Å². The summed E-state index contributed by atoms with van der Waals surface area (Å²) in [6, 6.07) is 8.13. The van der Waals surface area contributed by atoms with Crippen LogP contribution in [0.3, 0.4) is 0 Å². The lowest BCUT2D eigenvalue weighted by atomic mass is 10.1. The predicted octanol–water partition coefficient (Wildman–Crippen LogP) is 3.11. The summed E-state index contributed by atoms with van der Waals surface area (Å²) in [5.41, 5.74) is 4.46. The third-order valence-corrected chi connectivity index (χ3v) is 5.12. The number of hydrogen-bond acceptors (Lipinski definition) is 6. The van der Waals surface area contributed by atoms with Crippen LogP contribution in [0.15, 0.2) is 35.0 Å². The molecule has 5 nitrogen and oxygen atoms in total. The summed E-state index contributed by atoms with van der Waals surface area (Å²) in [4.78, 5) is 11.6. The highest BCUT2D eigenvalue weighted by Gasteiger charge is 2.12. The number of ether oxygens (including phenoxy) is 2. The molecule has 2 aromatic heterocycles. The van der Waals surface area contributed by atoms with Gasteiger partial charge in [-0.05, 0) is 25.0 Å². The quantitative estimate of drug-likeness (QED) is 0.652. The summed E-state index contributed by atoms with van der Waals surface area (Å²) < 4.78 is 11.4. The topological polar surface area (TPSA) is 47.5 Å². The summed E-state index contributed by atoms with van der Waals surface area (Å²) in [5, 5.41) is 3.96. The first-order valence-corrected chi connectivity index (χ1v) is 9.98. The number of rotatable bonds is 4. The molecule has 1 saturated heterocycles. The van der Waals surface area contributed by atoms with Gasteiger partial charge in [0.1, 0.15) is 17.6 Å². The normalized spacial score (nSPS) is 14.7. The van der Waals surface area contributed by atoms with E-state index >= 15 is 0 Å². The Morgan fingerprint density at radius 1 is 1.07 bits per heavy atom. The fourth-order valence-corrected chi connectivity index (χ4v) is 3.50. The fourth-order valence-electron chi connectivity index (χ4n) is 2.83. The Hall–Kier alpha value is -2.46. The number of thiophene rings is 1. The molecule has 1 fully saturated rings. The van der Waals surface area contributed by atoms with Gasteiger partial charge in [0.05, 0.1) is 13.2 Å². The van der Waals surface area contributed by atoms with E-state index in [1.165, 1.54) is 5.56 Å². The van der Waals surface area contributed by atoms with Gasteiger partial charge in [0, 0.05) is 36.0 Å². The van der Waals surface area contributed by atoms with Crippen LogP contribution < -0.4 is 4.74 Å². The van der Waals surface area contributed by atoms with Gasteiger partial charge < -0.3 is 9.47 Å². The molecule has 138 valence electrons. The van der Waals surface area contributed by atoms with Gasteiger partial charge in [0.15, 0.2) is 5.69 Å². The van der Waals surface area contributed by atoms with Gasteiger partial charge in [-0.15, -0.1) is 11.3 Å². The molecule has 3 aromatic rings. The second-order valence-electron chi connectivity index (χ2n) is 6.44. The average Bonchev–Trinajstić information content (AvgIpc) is 3.15. The zero-order valence-electron chi connectivity index (χ0n) is 15.3. The predicted molar refractivity (Wildman–Crippen MR) is 107 cm³/mol. The van der Waals surface area contributed by atoms with Crippen molar-refractivity contribution in [3.8, 4) is 17.7 Å². The Balaban J connectivity index is 1.53. The van der Waals surface area contributed by atoms with Gasteiger partial charge in [0.25, 0.3) is 0 Å². The maximum Gasteiger partial charge on any atom is 0.249 e. The number of nitrogens with zero attached hydrogens (tertiary/aromatic N) is 3. The Kier molecular flexibility index (Phi) is 5.64. The lowest BCUT2D eigenvalue weighted by molar-refractivity contribution is 0.0320. The van der Waals surface area contributed by atoms with E-state index in [4.69, 9.17) is 9.47 Å². The van der Waals surface area contributed by atoms with Crippen molar-refractivity contribution >= 4 is 22.4 Å². The number of hydrogen-bond donors (Lipinski definition) is 0. The Morgan fingerprint density at radius 2 is 1.81 bits per heavy atom. The Labute approximate surface area is 163 Å². The van der Waals surface area contributed by atoms with Crippen LogP contribution in [-0.2, 0) is 4.74 Å². The van der Waals surface area contributed by atoms with Crippen LogP contribution in [0.5, 0.6) is 5.88 Å². The standard InChI is InChI=1S/C21H21N3O2S/c1-16-2-4-17(5-3-16)6-7-18-21(23-20-15-27-14-19(20)22-18)26-13-10-24-8-11-25-12-9-24/h2-5,14-15H,8-13H2,1H3. The molecule has 0 saturated carbocycles. The van der Waals surface area contributed by atoms with Crippen LogP contribution in [0.1, 0.15) is 16.8 Å². The van der Waals surface area contributed by atoms with Crippen molar-refractivity contribution in [2.75, 3.05) is 39.5 Å². The highest BCUT2D eigenvalue weighted by molar-refractivity contribution is 7.09. The summed E-state index contributed by atoms with van der Waals surface area (Å²) in [6.07, 6.45) is 0. The van der Waals surface area contributed by atoms with Crippen molar-refractivity contribution in [2.24, 2.45) is 0 Å². The maximum atomic E-state index is 5.97. The van der Waals surface area contributed by atoms with Crippen molar-refractivity contribution in [3.63, 3.8) is 0 Å². The molecule has 0 spiro atoms. The molecule has 0 unspecified atom stereocenters. The van der Waals surface area contributed by atoms with Crippen LogP contribution in [0.2, 0.25) is 0 Å². The monoisotopic (exact) mass is 379 g/mol. The molecule has 0 aliphatic carbocycles. The summed E-state index contributed by atoms with van der Waals surface area (Å²) >= 11 is 1.58. The van der Waals surface area contributed by atoms with E-state index in [0.29, 0.717) is 18.2 Å². The molecule has 0 radical (unpaired) electrons. The minimum Gasteiger partial charge on any atom is -0.474 e. The Morgan fingerprint density at radius 3 is 2.59 bits per heavy atom. The number of aryl methyl sites for hydroxylation is 1. The van der Waals surface area contributed by atoms with Crippen molar-refractivity contribution in [1.29, 1.82) is 0 Å². The van der Waals surface area contributed by atoms with Gasteiger partial charge in [0.2, 0.25) is 5.88 Å². The van der Waals surface area contributed by atoms with Crippen LogP contribution >= 0.6 is 11.3 Å². The molecule has 1 aliphatic heterocycles. The van der Waals surface area contributed by atoms with E-state index in [9.17, 15) is 0 Å². The molecule has 6 heteroatoms. The van der Waals surface area contributed by atoms with Gasteiger partial charge in [-0.3, -0.25) is 4.90 Å². The minimum atomic E-state index is 0.508. The van der Waals surface area contributed by atoms with Crippen LogP contribution in [0.4, 0.5) is 0 Å². The lowest BCUT2D eigenvalue weighted by Crippen LogP contribution is -2.38. The molecule has 0 amide bonds. The number of benzene rings is 1. The van der Waals surface area contributed by atoms with Gasteiger partial charge in [-0.2, -0.15) is 0 Å². The first-order chi connectivity index (χ1) is 13.3. The molecular formula is C21H21N3O2S. The zero-order chi connectivity index (χ0) is 18.5. The summed E-state index contributed by atoms with van der Waals surface area (Å²) in [6.45, 7) is 6.92. The van der Waals surface area contributed by atoms with Crippen LogP contribution in [0, 0.1) is 18.8 Å². The second-order valence-corrected chi connectivity index (χ2v) is 7.18. The number of morpholine rings is 1. The molecule has 0 N–H and O–H groups in total. The number of fused-ring (bicyclic) bond motifs is 1. The molecule has 1 aliphatic rings. The number of aromatic nitrogens is 2. The van der Waals surface area contributed by atoms with Crippen molar-refractivity contribution in [3.05, 3.63) is 51.8 Å². The van der Waals surface area contributed by atoms with Crippen LogP contribution in [0.25, 0.3) is 11.0 Å². The maximum absolute atomic E-state index is 5.97. The van der Waals surface area contributed by atoms with E-state index < -0.39 is 0 Å². The first kappa shape index (κ1) is 17.9. The lowest BCUT2D eigenvalue weighted by Gasteiger charge is -2.26. The second kappa shape index (κ2) is 8.49. The van der Waals surface area contributed by atoms with Gasteiger partial charge in [-0.1, -0.05) is 23.6 Å². The van der Waals surface area contributed by atoms with Crippen molar-refractivity contribution in [2.45, 2.75) is 6.92 Å². The molecule has 4 rings (SSSR count). The van der Waals surface area contributed by atoms with Crippen molar-refractivity contribution in [1.82, 2.24) is 14.9 Å². The smallest absolute Gasteiger partial charge is 0.249 e. The molecule has 27 heavy (non-hydrogen) atoms. The van der Waals surface area contributed by atoms with E-state index in [-0.39, 0.29) is 0 Å². The molecule has 1 aromatic carbocycles. The summed E-state index contributed by atoms with van der Waals surface area (Å²) in [7, 11) is 0. The van der Waals surface area contributed by atoms with E-state index in [1.807, 2.05) is 22.9 Å². The zero-order valence-corrected chi connectivity index (χ0v) is 16.1. The minimum absolute atomic E-state index is 0.508. The molecule has 0 atom stereocenters. The highest BCUT2D eigenvalue weighted by atomic mass is 32.1. The van der Waals surface area contributed by atoms with E-state index in [0.717, 1.165) is 49.4 Å². The highest BCUT2D eigenvalue weighted by Crippen LogP contribution is 2.21. The van der Waals surface area contributed by atoms with Crippen molar-refractivity contribution < 1.29 is 9.47 Å².